The molecule has 0 aromatic carbocycles. The Morgan fingerprint density at radius 3 is 2.80 bits per heavy atom. The molecule has 10 heteroatoms. The van der Waals surface area contributed by atoms with Crippen molar-refractivity contribution in [1.82, 2.24) is 24.8 Å². The van der Waals surface area contributed by atoms with Gasteiger partial charge in [-0.2, -0.15) is 5.26 Å². The van der Waals surface area contributed by atoms with Gasteiger partial charge in [-0.15, -0.1) is 0 Å². The minimum Gasteiger partial charge on any atom is -0.464 e. The van der Waals surface area contributed by atoms with Crippen LogP contribution in [0, 0.1) is 17.2 Å². The van der Waals surface area contributed by atoms with Gasteiger partial charge in [0.2, 0.25) is 5.91 Å². The third-order valence-corrected chi connectivity index (χ3v) is 6.23. The van der Waals surface area contributed by atoms with Crippen LogP contribution >= 0.6 is 0 Å². The van der Waals surface area contributed by atoms with Gasteiger partial charge in [0.25, 0.3) is 0 Å². The molecular weight excluding hydrogens is 386 g/mol. The summed E-state index contributed by atoms with van der Waals surface area (Å²) in [4.78, 5) is 37.1. The molecule has 0 radical (unpaired) electrons. The Hall–Kier alpha value is -3.19. The van der Waals surface area contributed by atoms with Crippen molar-refractivity contribution in [1.29, 1.82) is 5.26 Å². The number of anilines is 1. The Balaban J connectivity index is 1.72. The van der Waals surface area contributed by atoms with E-state index in [2.05, 4.69) is 17.2 Å². The largest absolute Gasteiger partial charge is 0.464 e. The number of nitrogens with zero attached hydrogens (tertiary/aromatic N) is 6. The maximum absolute atomic E-state index is 12.3. The lowest BCUT2D eigenvalue weighted by molar-refractivity contribution is -0.131. The second kappa shape index (κ2) is 7.91. The summed E-state index contributed by atoms with van der Waals surface area (Å²) in [7, 11) is 1.93. The van der Waals surface area contributed by atoms with E-state index in [-0.39, 0.29) is 24.3 Å². The van der Waals surface area contributed by atoms with Crippen LogP contribution in [0.1, 0.15) is 31.5 Å². The zero-order valence-corrected chi connectivity index (χ0v) is 17.1. The lowest BCUT2D eigenvalue weighted by atomic mass is 9.92. The van der Waals surface area contributed by atoms with Gasteiger partial charge < -0.3 is 20.2 Å². The fourth-order valence-electron chi connectivity index (χ4n) is 4.21. The molecule has 2 N–H and O–H groups in total. The average Bonchev–Trinajstić information content (AvgIpc) is 3.10. The number of amides is 1. The highest BCUT2D eigenvalue weighted by molar-refractivity contribution is 5.93. The quantitative estimate of drug-likeness (QED) is 0.769. The van der Waals surface area contributed by atoms with Gasteiger partial charge in [-0.3, -0.25) is 4.79 Å². The molecule has 0 spiro atoms. The summed E-state index contributed by atoms with van der Waals surface area (Å²) in [6.45, 7) is 4.81. The van der Waals surface area contributed by atoms with Crippen LogP contribution in [0.3, 0.4) is 0 Å². The summed E-state index contributed by atoms with van der Waals surface area (Å²) in [6.07, 6.45) is 1.11. The number of nitriles is 1. The van der Waals surface area contributed by atoms with Crippen molar-refractivity contribution in [3.8, 4) is 6.07 Å². The van der Waals surface area contributed by atoms with Gasteiger partial charge in [0.1, 0.15) is 18.1 Å². The third-order valence-electron chi connectivity index (χ3n) is 6.23. The predicted octanol–water partition coefficient (Wildman–Crippen LogP) is 1.23. The van der Waals surface area contributed by atoms with E-state index in [9.17, 15) is 14.7 Å². The molecule has 10 nitrogen and oxygen atoms in total. The van der Waals surface area contributed by atoms with Gasteiger partial charge in [0, 0.05) is 45.3 Å². The third kappa shape index (κ3) is 3.45. The van der Waals surface area contributed by atoms with Gasteiger partial charge in [0.05, 0.1) is 17.5 Å². The van der Waals surface area contributed by atoms with Gasteiger partial charge >= 0.3 is 6.09 Å². The van der Waals surface area contributed by atoms with Crippen LogP contribution in [0.25, 0.3) is 11.0 Å². The zero-order chi connectivity index (χ0) is 21.4. The number of carboxylic acid groups (broad SMARTS) is 1. The Morgan fingerprint density at radius 1 is 1.40 bits per heavy atom. The molecular formula is C20H25N7O3. The van der Waals surface area contributed by atoms with Crippen LogP contribution in [0.15, 0.2) is 12.3 Å². The van der Waals surface area contributed by atoms with Crippen LogP contribution in [-0.4, -0.2) is 75.8 Å². The first-order valence-corrected chi connectivity index (χ1v) is 10.1. The molecule has 2 aromatic rings. The Bertz CT molecular complexity index is 1020. The Morgan fingerprint density at radius 2 is 2.17 bits per heavy atom. The summed E-state index contributed by atoms with van der Waals surface area (Å²) >= 11 is 0. The molecule has 2 fully saturated rings. The molecule has 1 amide bonds. The number of hydrogen-bond donors (Lipinski definition) is 2. The van der Waals surface area contributed by atoms with Crippen molar-refractivity contribution < 1.29 is 14.7 Å². The monoisotopic (exact) mass is 411 g/mol. The molecule has 158 valence electrons. The number of carbonyl (C=O) groups is 2. The van der Waals surface area contributed by atoms with Gasteiger partial charge in [-0.25, -0.2) is 19.3 Å². The Labute approximate surface area is 174 Å². The molecule has 2 aliphatic heterocycles. The highest BCUT2D eigenvalue weighted by atomic mass is 16.4. The van der Waals surface area contributed by atoms with Crippen molar-refractivity contribution in [2.45, 2.75) is 31.7 Å². The molecule has 2 aromatic heterocycles. The van der Waals surface area contributed by atoms with Crippen molar-refractivity contribution in [2.24, 2.45) is 5.92 Å². The van der Waals surface area contributed by atoms with Crippen molar-refractivity contribution in [2.75, 3.05) is 38.1 Å². The zero-order valence-electron chi connectivity index (χ0n) is 17.1. The number of rotatable bonds is 4. The summed E-state index contributed by atoms with van der Waals surface area (Å²) < 4.78 is 1.12. The van der Waals surface area contributed by atoms with Crippen LogP contribution < -0.4 is 10.2 Å². The first-order chi connectivity index (χ1) is 14.4. The number of piperidine rings is 1. The average molecular weight is 411 g/mol. The van der Waals surface area contributed by atoms with E-state index in [4.69, 9.17) is 10.2 Å². The maximum Gasteiger partial charge on any atom is 0.417 e. The van der Waals surface area contributed by atoms with Crippen molar-refractivity contribution in [3.63, 3.8) is 0 Å². The number of fused-ring (bicyclic) bond motifs is 1. The van der Waals surface area contributed by atoms with Crippen molar-refractivity contribution in [3.05, 3.63) is 18.1 Å². The lowest BCUT2D eigenvalue weighted by Gasteiger charge is -2.42. The normalized spacial score (nSPS) is 21.8. The molecule has 2 aliphatic rings. The topological polar surface area (TPSA) is 127 Å². The minimum atomic E-state index is -1.09. The highest BCUT2D eigenvalue weighted by Crippen LogP contribution is 2.32. The maximum atomic E-state index is 12.3. The number of carbonyl (C=O) groups excluding carboxylic acids is 1. The first-order valence-electron chi connectivity index (χ1n) is 10.1. The lowest BCUT2D eigenvalue weighted by Crippen LogP contribution is -2.53. The fourth-order valence-corrected chi connectivity index (χ4v) is 4.21. The SMILES string of the molecule is C[C@@H]1CCN(C(=O)CC#N)C[C@@H]1N(C)c1nc(C2CNC2)nc2c1ccn2C(=O)O. The standard InChI is InChI=1S/C20H25N7O3/c1-12-4-7-26(16(28)3-6-21)11-15(12)25(2)18-14-5-8-27(20(29)30)19(14)24-17(23-18)13-9-22-10-13/h5,8,12-13,15,22H,3-4,7,9-11H2,1-2H3,(H,29,30)/t12-,15+/m1/s1. The summed E-state index contributed by atoms with van der Waals surface area (Å²) in [5, 5.41) is 22.3. The minimum absolute atomic E-state index is 0.0000338. The summed E-state index contributed by atoms with van der Waals surface area (Å²) in [6, 6.07) is 3.66. The van der Waals surface area contributed by atoms with Gasteiger partial charge in [-0.1, -0.05) is 6.92 Å². The van der Waals surface area contributed by atoms with E-state index in [1.165, 1.54) is 6.20 Å². The van der Waals surface area contributed by atoms with E-state index in [1.807, 2.05) is 18.0 Å². The molecule has 2 atom stereocenters. The van der Waals surface area contributed by atoms with Gasteiger partial charge in [0.15, 0.2) is 5.65 Å². The number of hydrogen-bond acceptors (Lipinski definition) is 7. The molecule has 0 saturated carbocycles. The summed E-state index contributed by atoms with van der Waals surface area (Å²) in [5.41, 5.74) is 0.377. The Kier molecular flexibility index (Phi) is 5.30. The van der Waals surface area contributed by atoms with E-state index in [0.717, 1.165) is 24.1 Å². The first kappa shape index (κ1) is 20.1. The summed E-state index contributed by atoms with van der Waals surface area (Å²) in [5.74, 6) is 1.60. The van der Waals surface area contributed by atoms with Gasteiger partial charge in [-0.05, 0) is 18.4 Å². The van der Waals surface area contributed by atoms with Crippen LogP contribution in [0.4, 0.5) is 10.6 Å². The number of likely N-dealkylation sites (tertiary alicyclic amines) is 1. The molecule has 0 bridgehead atoms. The van der Waals surface area contributed by atoms with E-state index in [1.54, 1.807) is 11.0 Å². The van der Waals surface area contributed by atoms with Crippen LogP contribution in [0.5, 0.6) is 0 Å². The molecule has 2 saturated heterocycles. The van der Waals surface area contributed by atoms with Crippen LogP contribution in [-0.2, 0) is 4.79 Å². The molecule has 0 aliphatic carbocycles. The number of nitrogens with one attached hydrogen (secondary N) is 1. The second-order valence-corrected chi connectivity index (χ2v) is 8.09. The van der Waals surface area contributed by atoms with Crippen LogP contribution in [0.2, 0.25) is 0 Å². The molecule has 0 unspecified atom stereocenters. The fraction of sp³-hybridized carbons (Fsp3) is 0.550. The number of likely N-dealkylation sites (N-methyl/N-ethyl adjacent to an activating group) is 1. The van der Waals surface area contributed by atoms with E-state index < -0.39 is 6.09 Å². The molecule has 4 rings (SSSR count). The predicted molar refractivity (Wildman–Crippen MR) is 109 cm³/mol. The second-order valence-electron chi connectivity index (χ2n) is 8.09. The number of aromatic nitrogens is 3. The smallest absolute Gasteiger partial charge is 0.417 e. The van der Waals surface area contributed by atoms with E-state index in [0.29, 0.717) is 41.7 Å². The molecule has 4 heterocycles. The van der Waals surface area contributed by atoms with Crippen molar-refractivity contribution >= 4 is 28.9 Å². The molecule has 30 heavy (non-hydrogen) atoms. The highest BCUT2D eigenvalue weighted by Gasteiger charge is 2.34. The van der Waals surface area contributed by atoms with E-state index >= 15 is 0 Å².